The minimum absolute atomic E-state index is 0.124. The largest absolute Gasteiger partial charge is 0.469 e. The number of carbonyl (C=O) groups is 2. The van der Waals surface area contributed by atoms with Crippen LogP contribution in [0.2, 0.25) is 0 Å². The summed E-state index contributed by atoms with van der Waals surface area (Å²) in [6.07, 6.45) is -2.78. The molecule has 2 heterocycles. The summed E-state index contributed by atoms with van der Waals surface area (Å²) in [5, 5.41) is 2.75. The summed E-state index contributed by atoms with van der Waals surface area (Å²) in [6, 6.07) is 2.39. The van der Waals surface area contributed by atoms with Gasteiger partial charge in [0.15, 0.2) is 0 Å². The van der Waals surface area contributed by atoms with Gasteiger partial charge < -0.3 is 15.0 Å². The molecule has 27 heavy (non-hydrogen) atoms. The molecule has 2 rings (SSSR count). The Balaban J connectivity index is 1.70. The first-order valence-electron chi connectivity index (χ1n) is 8.63. The van der Waals surface area contributed by atoms with Crippen molar-refractivity contribution in [3.05, 3.63) is 23.9 Å². The van der Waals surface area contributed by atoms with Crippen LogP contribution in [0.5, 0.6) is 0 Å². The minimum Gasteiger partial charge on any atom is -0.469 e. The molecule has 0 bridgehead atoms. The van der Waals surface area contributed by atoms with Gasteiger partial charge in [-0.2, -0.15) is 13.2 Å². The third-order valence-corrected chi connectivity index (χ3v) is 4.25. The van der Waals surface area contributed by atoms with Gasteiger partial charge in [-0.1, -0.05) is 0 Å². The number of hydrogen-bond donors (Lipinski definition) is 1. The number of nitrogens with one attached hydrogen (secondary N) is 1. The zero-order valence-electron chi connectivity index (χ0n) is 15.1. The lowest BCUT2D eigenvalue weighted by atomic mass is 10.2. The van der Waals surface area contributed by atoms with E-state index in [1.807, 2.05) is 9.80 Å². The number of methoxy groups -OCH3 is 1. The SMILES string of the molecule is COC(=O)CCCNC(=O)CN1CCN(c2ccc(C(F)(F)F)cn2)CC1. The second-order valence-corrected chi connectivity index (χ2v) is 6.20. The normalized spacial score (nSPS) is 15.5. The average molecular weight is 388 g/mol. The average Bonchev–Trinajstić information content (AvgIpc) is 2.65. The highest BCUT2D eigenvalue weighted by atomic mass is 19.4. The van der Waals surface area contributed by atoms with Gasteiger partial charge >= 0.3 is 12.1 Å². The number of carbonyl (C=O) groups excluding carboxylic acids is 2. The van der Waals surface area contributed by atoms with Gasteiger partial charge in [-0.25, -0.2) is 4.98 Å². The highest BCUT2D eigenvalue weighted by molar-refractivity contribution is 5.78. The third-order valence-electron chi connectivity index (χ3n) is 4.25. The maximum absolute atomic E-state index is 12.6. The molecule has 0 aliphatic carbocycles. The summed E-state index contributed by atoms with van der Waals surface area (Å²) in [7, 11) is 1.32. The number of esters is 1. The molecule has 0 aromatic carbocycles. The molecule has 10 heteroatoms. The van der Waals surface area contributed by atoms with Crippen molar-refractivity contribution >= 4 is 17.7 Å². The number of aromatic nitrogens is 1. The van der Waals surface area contributed by atoms with E-state index in [4.69, 9.17) is 0 Å². The van der Waals surface area contributed by atoms with Crippen molar-refractivity contribution in [3.63, 3.8) is 0 Å². The second kappa shape index (κ2) is 9.54. The van der Waals surface area contributed by atoms with Gasteiger partial charge in [0.2, 0.25) is 5.91 Å². The van der Waals surface area contributed by atoms with Crippen molar-refractivity contribution in [1.29, 1.82) is 0 Å². The summed E-state index contributed by atoms with van der Waals surface area (Å²) in [5.74, 6) is 0.0631. The smallest absolute Gasteiger partial charge is 0.417 e. The summed E-state index contributed by atoms with van der Waals surface area (Å²) >= 11 is 0. The van der Waals surface area contributed by atoms with Gasteiger partial charge in [0.1, 0.15) is 5.82 Å². The number of halogens is 3. The van der Waals surface area contributed by atoms with Gasteiger partial charge in [-0.3, -0.25) is 14.5 Å². The molecule has 1 fully saturated rings. The zero-order chi connectivity index (χ0) is 19.9. The molecule has 0 atom stereocenters. The van der Waals surface area contributed by atoms with E-state index in [0.717, 1.165) is 12.3 Å². The Kier molecular flexibility index (Phi) is 7.40. The number of pyridine rings is 1. The summed E-state index contributed by atoms with van der Waals surface area (Å²) < 4.78 is 42.3. The van der Waals surface area contributed by atoms with Gasteiger partial charge in [-0.05, 0) is 18.6 Å². The first-order valence-corrected chi connectivity index (χ1v) is 8.63. The topological polar surface area (TPSA) is 74.8 Å². The van der Waals surface area contributed by atoms with Crippen LogP contribution in [0, 0.1) is 0 Å². The molecule has 1 aliphatic rings. The zero-order valence-corrected chi connectivity index (χ0v) is 15.1. The van der Waals surface area contributed by atoms with E-state index in [2.05, 4.69) is 15.0 Å². The molecule has 1 aliphatic heterocycles. The molecule has 1 N–H and O–H groups in total. The van der Waals surface area contributed by atoms with Crippen molar-refractivity contribution in [1.82, 2.24) is 15.2 Å². The molecule has 150 valence electrons. The molecule has 0 unspecified atom stereocenters. The molecular formula is C17H23F3N4O3. The van der Waals surface area contributed by atoms with E-state index in [9.17, 15) is 22.8 Å². The molecule has 1 saturated heterocycles. The predicted octanol–water partition coefficient (Wildman–Crippen LogP) is 1.29. The quantitative estimate of drug-likeness (QED) is 0.561. The summed E-state index contributed by atoms with van der Waals surface area (Å²) in [5.41, 5.74) is -0.770. The van der Waals surface area contributed by atoms with Crippen LogP contribution in [0.4, 0.5) is 19.0 Å². The van der Waals surface area contributed by atoms with Crippen molar-refractivity contribution in [2.75, 3.05) is 51.3 Å². The van der Waals surface area contributed by atoms with Crippen LogP contribution < -0.4 is 10.2 Å². The van der Waals surface area contributed by atoms with Crippen LogP contribution >= 0.6 is 0 Å². The maximum Gasteiger partial charge on any atom is 0.417 e. The van der Waals surface area contributed by atoms with E-state index in [-0.39, 0.29) is 24.8 Å². The molecule has 1 amide bonds. The number of alkyl halides is 3. The maximum atomic E-state index is 12.6. The molecule has 0 spiro atoms. The fourth-order valence-electron chi connectivity index (χ4n) is 2.70. The Hall–Kier alpha value is -2.36. The van der Waals surface area contributed by atoms with Gasteiger partial charge in [0, 0.05) is 45.3 Å². The van der Waals surface area contributed by atoms with Crippen LogP contribution in [0.15, 0.2) is 18.3 Å². The molecule has 0 radical (unpaired) electrons. The van der Waals surface area contributed by atoms with Crippen molar-refractivity contribution in [2.24, 2.45) is 0 Å². The van der Waals surface area contributed by atoms with Crippen LogP contribution in [-0.2, 0) is 20.5 Å². The number of piperazine rings is 1. The number of nitrogens with zero attached hydrogens (tertiary/aromatic N) is 3. The Bertz CT molecular complexity index is 629. The van der Waals surface area contributed by atoms with E-state index in [1.165, 1.54) is 13.2 Å². The summed E-state index contributed by atoms with van der Waals surface area (Å²) in [4.78, 5) is 30.6. The van der Waals surface area contributed by atoms with Crippen LogP contribution in [0.1, 0.15) is 18.4 Å². The van der Waals surface area contributed by atoms with Crippen LogP contribution in [0.3, 0.4) is 0 Å². The number of anilines is 1. The number of hydrogen-bond acceptors (Lipinski definition) is 6. The van der Waals surface area contributed by atoms with E-state index >= 15 is 0 Å². The minimum atomic E-state index is -4.39. The van der Waals surface area contributed by atoms with E-state index in [1.54, 1.807) is 0 Å². The van der Waals surface area contributed by atoms with Crippen molar-refractivity contribution in [2.45, 2.75) is 19.0 Å². The Labute approximate surface area is 155 Å². The van der Waals surface area contributed by atoms with Gasteiger partial charge in [-0.15, -0.1) is 0 Å². The monoisotopic (exact) mass is 388 g/mol. The van der Waals surface area contributed by atoms with Crippen molar-refractivity contribution < 1.29 is 27.5 Å². The lowest BCUT2D eigenvalue weighted by Crippen LogP contribution is -2.49. The standard InChI is InChI=1S/C17H23F3N4O3/c1-27-16(26)3-2-6-21-15(25)12-23-7-9-24(10-8-23)14-5-4-13(11-22-14)17(18,19)20/h4-5,11H,2-3,6-10,12H2,1H3,(H,21,25). The fourth-order valence-corrected chi connectivity index (χ4v) is 2.70. The Morgan fingerprint density at radius 3 is 2.48 bits per heavy atom. The lowest BCUT2D eigenvalue weighted by Gasteiger charge is -2.35. The number of rotatable bonds is 7. The molecule has 1 aromatic rings. The first-order chi connectivity index (χ1) is 12.8. The number of ether oxygens (including phenoxy) is 1. The van der Waals surface area contributed by atoms with Gasteiger partial charge in [0.05, 0.1) is 19.2 Å². The highest BCUT2D eigenvalue weighted by Crippen LogP contribution is 2.29. The Morgan fingerprint density at radius 1 is 1.22 bits per heavy atom. The summed E-state index contributed by atoms with van der Waals surface area (Å²) in [6.45, 7) is 3.02. The predicted molar refractivity (Wildman–Crippen MR) is 92.2 cm³/mol. The molecular weight excluding hydrogens is 365 g/mol. The first kappa shape index (κ1) is 20.9. The lowest BCUT2D eigenvalue weighted by molar-refractivity contribution is -0.141. The molecule has 1 aromatic heterocycles. The number of amides is 1. The van der Waals surface area contributed by atoms with Gasteiger partial charge in [0.25, 0.3) is 0 Å². The van der Waals surface area contributed by atoms with Crippen molar-refractivity contribution in [3.8, 4) is 0 Å². The van der Waals surface area contributed by atoms with E-state index in [0.29, 0.717) is 45.0 Å². The highest BCUT2D eigenvalue weighted by Gasteiger charge is 2.31. The van der Waals surface area contributed by atoms with Crippen LogP contribution in [-0.4, -0.2) is 68.1 Å². The van der Waals surface area contributed by atoms with E-state index < -0.39 is 11.7 Å². The van der Waals surface area contributed by atoms with Crippen LogP contribution in [0.25, 0.3) is 0 Å². The second-order valence-electron chi connectivity index (χ2n) is 6.20. The fraction of sp³-hybridized carbons (Fsp3) is 0.588. The third kappa shape index (κ3) is 6.70. The molecule has 7 nitrogen and oxygen atoms in total. The Morgan fingerprint density at radius 2 is 1.93 bits per heavy atom. The molecule has 0 saturated carbocycles.